The lowest BCUT2D eigenvalue weighted by molar-refractivity contribution is -0.126. The van der Waals surface area contributed by atoms with Crippen molar-refractivity contribution in [2.45, 2.75) is 31.2 Å². The van der Waals surface area contributed by atoms with E-state index in [1.165, 1.54) is 28.6 Å². The van der Waals surface area contributed by atoms with Gasteiger partial charge in [-0.05, 0) is 42.7 Å². The molecule has 1 aliphatic heterocycles. The molecular formula is C22H23FN4O4S. The molecule has 1 fully saturated rings. The van der Waals surface area contributed by atoms with E-state index in [4.69, 9.17) is 4.52 Å². The molecule has 1 aliphatic rings. The molecule has 1 amide bonds. The topological polar surface area (TPSA) is 105 Å². The molecule has 3 aromatic rings. The molecule has 0 spiro atoms. The quantitative estimate of drug-likeness (QED) is 0.609. The average molecular weight is 459 g/mol. The monoisotopic (exact) mass is 458 g/mol. The molecular weight excluding hydrogens is 435 g/mol. The van der Waals surface area contributed by atoms with Crippen LogP contribution in [0.4, 0.5) is 4.39 Å². The van der Waals surface area contributed by atoms with Gasteiger partial charge in [0.1, 0.15) is 5.82 Å². The second kappa shape index (κ2) is 9.17. The molecule has 1 aromatic heterocycles. The molecule has 1 saturated heterocycles. The van der Waals surface area contributed by atoms with E-state index >= 15 is 0 Å². The minimum Gasteiger partial charge on any atom is -0.352 e. The summed E-state index contributed by atoms with van der Waals surface area (Å²) in [7, 11) is -3.71. The van der Waals surface area contributed by atoms with Crippen molar-refractivity contribution in [2.24, 2.45) is 5.92 Å². The van der Waals surface area contributed by atoms with E-state index in [9.17, 15) is 17.6 Å². The van der Waals surface area contributed by atoms with E-state index in [0.717, 1.165) is 5.56 Å². The SMILES string of the molecule is Cc1nc(-c2cccc(S(=O)(=O)N3CCC(C(=O)NCc4ccc(F)cc4)CC3)c2)no1. The summed E-state index contributed by atoms with van der Waals surface area (Å²) in [5.41, 5.74) is 1.36. The number of halogens is 1. The third-order valence-corrected chi connectivity index (χ3v) is 7.36. The number of nitrogens with zero attached hydrogens (tertiary/aromatic N) is 3. The van der Waals surface area contributed by atoms with Crippen LogP contribution >= 0.6 is 0 Å². The van der Waals surface area contributed by atoms with Crippen LogP contribution < -0.4 is 5.32 Å². The van der Waals surface area contributed by atoms with Gasteiger partial charge >= 0.3 is 0 Å². The van der Waals surface area contributed by atoms with Crippen LogP contribution in [0.3, 0.4) is 0 Å². The second-order valence-corrected chi connectivity index (χ2v) is 9.63. The third-order valence-electron chi connectivity index (χ3n) is 5.46. The van der Waals surface area contributed by atoms with Crippen molar-refractivity contribution < 1.29 is 22.1 Å². The van der Waals surface area contributed by atoms with Gasteiger partial charge in [0.15, 0.2) is 0 Å². The highest BCUT2D eigenvalue weighted by atomic mass is 32.2. The summed E-state index contributed by atoms with van der Waals surface area (Å²) in [6.45, 7) is 2.47. The van der Waals surface area contributed by atoms with E-state index in [0.29, 0.717) is 36.7 Å². The first kappa shape index (κ1) is 22.1. The molecule has 0 aliphatic carbocycles. The lowest BCUT2D eigenvalue weighted by Gasteiger charge is -2.30. The Balaban J connectivity index is 1.37. The Labute approximate surface area is 185 Å². The molecule has 2 aromatic carbocycles. The van der Waals surface area contributed by atoms with Gasteiger partial charge in [-0.3, -0.25) is 4.79 Å². The summed E-state index contributed by atoms with van der Waals surface area (Å²) in [5.74, 6) is 0.00658. The molecule has 168 valence electrons. The number of hydrogen-bond acceptors (Lipinski definition) is 6. The number of nitrogens with one attached hydrogen (secondary N) is 1. The maximum Gasteiger partial charge on any atom is 0.243 e. The molecule has 0 bridgehead atoms. The number of amides is 1. The molecule has 1 N–H and O–H groups in total. The van der Waals surface area contributed by atoms with E-state index in [1.54, 1.807) is 31.2 Å². The van der Waals surface area contributed by atoms with Gasteiger partial charge in [-0.2, -0.15) is 9.29 Å². The van der Waals surface area contributed by atoms with Crippen LogP contribution in [-0.2, 0) is 21.4 Å². The summed E-state index contributed by atoms with van der Waals surface area (Å²) >= 11 is 0. The minimum atomic E-state index is -3.71. The highest BCUT2D eigenvalue weighted by molar-refractivity contribution is 7.89. The molecule has 0 unspecified atom stereocenters. The van der Waals surface area contributed by atoms with Crippen molar-refractivity contribution in [3.63, 3.8) is 0 Å². The van der Waals surface area contributed by atoms with Crippen LogP contribution in [0.15, 0.2) is 57.9 Å². The van der Waals surface area contributed by atoms with Gasteiger partial charge in [-0.15, -0.1) is 0 Å². The first-order valence-corrected chi connectivity index (χ1v) is 11.7. The summed E-state index contributed by atoms with van der Waals surface area (Å²) < 4.78 is 45.6. The Kier molecular flexibility index (Phi) is 6.33. The van der Waals surface area contributed by atoms with Crippen LogP contribution in [0.5, 0.6) is 0 Å². The van der Waals surface area contributed by atoms with Crippen molar-refractivity contribution in [1.82, 2.24) is 19.8 Å². The van der Waals surface area contributed by atoms with Gasteiger partial charge in [-0.25, -0.2) is 12.8 Å². The van der Waals surface area contributed by atoms with Crippen molar-refractivity contribution in [3.8, 4) is 11.4 Å². The van der Waals surface area contributed by atoms with Gasteiger partial charge < -0.3 is 9.84 Å². The highest BCUT2D eigenvalue weighted by Crippen LogP contribution is 2.26. The molecule has 0 atom stereocenters. The number of carbonyl (C=O) groups is 1. The number of carbonyl (C=O) groups excluding carboxylic acids is 1. The van der Waals surface area contributed by atoms with Gasteiger partial charge in [-0.1, -0.05) is 29.4 Å². The average Bonchev–Trinajstić information content (AvgIpc) is 3.25. The van der Waals surface area contributed by atoms with Gasteiger partial charge in [0.05, 0.1) is 4.90 Å². The van der Waals surface area contributed by atoms with E-state index in [2.05, 4.69) is 15.5 Å². The number of aryl methyl sites for hydroxylation is 1. The zero-order valence-corrected chi connectivity index (χ0v) is 18.3. The molecule has 0 radical (unpaired) electrons. The van der Waals surface area contributed by atoms with Crippen molar-refractivity contribution in [1.29, 1.82) is 0 Å². The highest BCUT2D eigenvalue weighted by Gasteiger charge is 2.32. The molecule has 4 rings (SSSR count). The zero-order valence-electron chi connectivity index (χ0n) is 17.5. The van der Waals surface area contributed by atoms with Crippen molar-refractivity contribution in [3.05, 3.63) is 65.8 Å². The Morgan fingerprint density at radius 2 is 1.91 bits per heavy atom. The molecule has 2 heterocycles. The standard InChI is InChI=1S/C22H23FN4O4S/c1-15-25-21(26-31-15)18-3-2-4-20(13-18)32(29,30)27-11-9-17(10-12-27)22(28)24-14-16-5-7-19(23)8-6-16/h2-8,13,17H,9-12,14H2,1H3,(H,24,28). The number of rotatable bonds is 6. The number of benzene rings is 2. The predicted molar refractivity (Wildman–Crippen MR) is 114 cm³/mol. The van der Waals surface area contributed by atoms with Crippen LogP contribution in [-0.4, -0.2) is 41.9 Å². The molecule has 0 saturated carbocycles. The summed E-state index contributed by atoms with van der Waals surface area (Å²) in [6, 6.07) is 12.4. The van der Waals surface area contributed by atoms with E-state index in [-0.39, 0.29) is 35.6 Å². The number of piperidine rings is 1. The predicted octanol–water partition coefficient (Wildman–Crippen LogP) is 2.90. The number of hydrogen-bond donors (Lipinski definition) is 1. The van der Waals surface area contributed by atoms with Gasteiger partial charge in [0.25, 0.3) is 0 Å². The van der Waals surface area contributed by atoms with Crippen molar-refractivity contribution >= 4 is 15.9 Å². The Morgan fingerprint density at radius 1 is 1.19 bits per heavy atom. The maximum absolute atomic E-state index is 13.1. The first-order valence-electron chi connectivity index (χ1n) is 10.3. The largest absolute Gasteiger partial charge is 0.352 e. The smallest absolute Gasteiger partial charge is 0.243 e. The van der Waals surface area contributed by atoms with Crippen LogP contribution in [0.1, 0.15) is 24.3 Å². The molecule has 10 heteroatoms. The fourth-order valence-corrected chi connectivity index (χ4v) is 5.17. The normalized spacial score (nSPS) is 15.6. The Hall–Kier alpha value is -3.11. The lowest BCUT2D eigenvalue weighted by atomic mass is 9.97. The lowest BCUT2D eigenvalue weighted by Crippen LogP contribution is -2.42. The Bertz CT molecular complexity index is 1200. The van der Waals surface area contributed by atoms with Crippen molar-refractivity contribution in [2.75, 3.05) is 13.1 Å². The summed E-state index contributed by atoms with van der Waals surface area (Å²) in [5, 5.41) is 6.69. The summed E-state index contributed by atoms with van der Waals surface area (Å²) in [4.78, 5) is 16.8. The Morgan fingerprint density at radius 3 is 2.56 bits per heavy atom. The summed E-state index contributed by atoms with van der Waals surface area (Å²) in [6.07, 6.45) is 0.858. The number of sulfonamides is 1. The van der Waals surface area contributed by atoms with Crippen LogP contribution in [0, 0.1) is 18.7 Å². The van der Waals surface area contributed by atoms with Gasteiger partial charge in [0, 0.05) is 38.0 Å². The maximum atomic E-state index is 13.1. The molecule has 8 nitrogen and oxygen atoms in total. The van der Waals surface area contributed by atoms with Crippen LogP contribution in [0.25, 0.3) is 11.4 Å². The van der Waals surface area contributed by atoms with E-state index < -0.39 is 10.0 Å². The van der Waals surface area contributed by atoms with E-state index in [1.807, 2.05) is 0 Å². The van der Waals surface area contributed by atoms with Crippen LogP contribution in [0.2, 0.25) is 0 Å². The third kappa shape index (κ3) is 4.86. The fourth-order valence-electron chi connectivity index (χ4n) is 3.66. The number of aromatic nitrogens is 2. The fraction of sp³-hybridized carbons (Fsp3) is 0.318. The first-order chi connectivity index (χ1) is 15.3. The minimum absolute atomic E-state index is 0.124. The van der Waals surface area contributed by atoms with Gasteiger partial charge in [0.2, 0.25) is 27.6 Å². The second-order valence-electron chi connectivity index (χ2n) is 7.69. The zero-order chi connectivity index (χ0) is 22.7. The molecule has 32 heavy (non-hydrogen) atoms.